The molecule has 2 fully saturated rings. The summed E-state index contributed by atoms with van der Waals surface area (Å²) in [5.41, 5.74) is 0.707. The van der Waals surface area contributed by atoms with E-state index in [1.54, 1.807) is 0 Å². The van der Waals surface area contributed by atoms with Gasteiger partial charge in [0.1, 0.15) is 0 Å². The van der Waals surface area contributed by atoms with Crippen LogP contribution in [0.2, 0.25) is 0 Å². The SMILES string of the molecule is CCOC(=O)C(C)C1(C)CCCC12CC2. The average molecular weight is 210 g/mol. The normalized spacial score (nSPS) is 34.1. The van der Waals surface area contributed by atoms with Gasteiger partial charge in [-0.2, -0.15) is 0 Å². The van der Waals surface area contributed by atoms with E-state index in [1.807, 2.05) is 6.92 Å². The van der Waals surface area contributed by atoms with Crippen LogP contribution >= 0.6 is 0 Å². The minimum atomic E-state index is 0.00757. The van der Waals surface area contributed by atoms with E-state index in [-0.39, 0.29) is 17.3 Å². The maximum Gasteiger partial charge on any atom is 0.309 e. The average Bonchev–Trinajstić information content (AvgIpc) is 2.90. The summed E-state index contributed by atoms with van der Waals surface area (Å²) in [6.07, 6.45) is 6.47. The van der Waals surface area contributed by atoms with Crippen LogP contribution in [0.5, 0.6) is 0 Å². The number of hydrogen-bond acceptors (Lipinski definition) is 2. The highest BCUT2D eigenvalue weighted by molar-refractivity contribution is 5.73. The third-order valence-electron chi connectivity index (χ3n) is 5.01. The molecule has 86 valence electrons. The molecular formula is C13H22O2. The van der Waals surface area contributed by atoms with Crippen molar-refractivity contribution in [3.63, 3.8) is 0 Å². The molecule has 0 aromatic heterocycles. The molecule has 2 aliphatic rings. The molecule has 0 bridgehead atoms. The summed E-state index contributed by atoms with van der Waals surface area (Å²) in [4.78, 5) is 11.8. The predicted octanol–water partition coefficient (Wildman–Crippen LogP) is 3.16. The minimum absolute atomic E-state index is 0.00757. The van der Waals surface area contributed by atoms with Gasteiger partial charge >= 0.3 is 5.97 Å². The number of ether oxygens (including phenoxy) is 1. The Kier molecular flexibility index (Phi) is 2.56. The Morgan fingerprint density at radius 3 is 2.53 bits per heavy atom. The maximum atomic E-state index is 11.8. The fourth-order valence-corrected chi connectivity index (χ4v) is 3.52. The van der Waals surface area contributed by atoms with E-state index < -0.39 is 0 Å². The number of rotatable bonds is 3. The third kappa shape index (κ3) is 1.49. The van der Waals surface area contributed by atoms with E-state index >= 15 is 0 Å². The van der Waals surface area contributed by atoms with Crippen LogP contribution in [0.3, 0.4) is 0 Å². The van der Waals surface area contributed by atoms with Gasteiger partial charge in [-0.3, -0.25) is 4.79 Å². The zero-order valence-electron chi connectivity index (χ0n) is 10.1. The first-order valence-electron chi connectivity index (χ1n) is 6.22. The number of carbonyl (C=O) groups is 1. The summed E-state index contributed by atoms with van der Waals surface area (Å²) >= 11 is 0. The van der Waals surface area contributed by atoms with Crippen molar-refractivity contribution in [2.45, 2.75) is 52.9 Å². The summed E-state index contributed by atoms with van der Waals surface area (Å²) in [6, 6.07) is 0. The Morgan fingerprint density at radius 1 is 1.33 bits per heavy atom. The molecule has 2 rings (SSSR count). The van der Waals surface area contributed by atoms with E-state index in [2.05, 4.69) is 13.8 Å². The standard InChI is InChI=1S/C13H22O2/c1-4-15-11(14)10(2)12(3)6-5-7-13(12)8-9-13/h10H,4-9H2,1-3H3. The molecule has 2 heteroatoms. The van der Waals surface area contributed by atoms with Crippen LogP contribution < -0.4 is 0 Å². The van der Waals surface area contributed by atoms with Gasteiger partial charge in [-0.15, -0.1) is 0 Å². The molecule has 2 unspecified atom stereocenters. The zero-order valence-corrected chi connectivity index (χ0v) is 10.1. The summed E-state index contributed by atoms with van der Waals surface area (Å²) in [7, 11) is 0. The Bertz CT molecular complexity index is 268. The second kappa shape index (κ2) is 3.50. The first kappa shape index (κ1) is 11.0. The van der Waals surface area contributed by atoms with Crippen molar-refractivity contribution >= 4 is 5.97 Å². The van der Waals surface area contributed by atoms with Crippen LogP contribution in [0.25, 0.3) is 0 Å². The zero-order chi connectivity index (χ0) is 11.1. The third-order valence-corrected chi connectivity index (χ3v) is 5.01. The van der Waals surface area contributed by atoms with Gasteiger partial charge in [0.25, 0.3) is 0 Å². The fourth-order valence-electron chi connectivity index (χ4n) is 3.52. The van der Waals surface area contributed by atoms with E-state index in [0.29, 0.717) is 12.0 Å². The molecular weight excluding hydrogens is 188 g/mol. The highest BCUT2D eigenvalue weighted by atomic mass is 16.5. The molecule has 0 aromatic rings. The van der Waals surface area contributed by atoms with Crippen molar-refractivity contribution < 1.29 is 9.53 Å². The van der Waals surface area contributed by atoms with Crippen LogP contribution in [-0.2, 0) is 9.53 Å². The first-order valence-corrected chi connectivity index (χ1v) is 6.22. The van der Waals surface area contributed by atoms with Crippen LogP contribution in [-0.4, -0.2) is 12.6 Å². The van der Waals surface area contributed by atoms with Gasteiger partial charge in [-0.05, 0) is 43.4 Å². The molecule has 0 N–H and O–H groups in total. The van der Waals surface area contributed by atoms with Crippen molar-refractivity contribution in [2.75, 3.05) is 6.61 Å². The molecule has 15 heavy (non-hydrogen) atoms. The summed E-state index contributed by atoms with van der Waals surface area (Å²) in [5, 5.41) is 0. The molecule has 0 heterocycles. The summed E-state index contributed by atoms with van der Waals surface area (Å²) < 4.78 is 5.16. The monoisotopic (exact) mass is 210 g/mol. The highest BCUT2D eigenvalue weighted by Crippen LogP contribution is 2.70. The first-order chi connectivity index (χ1) is 7.06. The quantitative estimate of drug-likeness (QED) is 0.669. The van der Waals surface area contributed by atoms with Crippen LogP contribution in [0, 0.1) is 16.7 Å². The van der Waals surface area contributed by atoms with Gasteiger partial charge < -0.3 is 4.74 Å². The topological polar surface area (TPSA) is 26.3 Å². The predicted molar refractivity (Wildman–Crippen MR) is 59.4 cm³/mol. The van der Waals surface area contributed by atoms with Crippen LogP contribution in [0.15, 0.2) is 0 Å². The lowest BCUT2D eigenvalue weighted by Crippen LogP contribution is -2.36. The number of esters is 1. The number of hydrogen-bond donors (Lipinski definition) is 0. The van der Waals surface area contributed by atoms with E-state index in [0.717, 1.165) is 0 Å². The largest absolute Gasteiger partial charge is 0.466 e. The fraction of sp³-hybridized carbons (Fsp3) is 0.923. The van der Waals surface area contributed by atoms with Crippen molar-refractivity contribution in [2.24, 2.45) is 16.7 Å². The van der Waals surface area contributed by atoms with Crippen molar-refractivity contribution in [1.82, 2.24) is 0 Å². The summed E-state index contributed by atoms with van der Waals surface area (Å²) in [6.45, 7) is 6.75. The van der Waals surface area contributed by atoms with Gasteiger partial charge in [0.2, 0.25) is 0 Å². The highest BCUT2D eigenvalue weighted by Gasteiger charge is 2.62. The van der Waals surface area contributed by atoms with Crippen molar-refractivity contribution in [1.29, 1.82) is 0 Å². The lowest BCUT2D eigenvalue weighted by Gasteiger charge is -2.36. The molecule has 2 atom stereocenters. The Balaban J connectivity index is 2.11. The molecule has 2 aliphatic carbocycles. The van der Waals surface area contributed by atoms with Crippen molar-refractivity contribution in [3.8, 4) is 0 Å². The second-order valence-electron chi connectivity index (χ2n) is 5.53. The lowest BCUT2D eigenvalue weighted by atomic mass is 9.68. The molecule has 2 nitrogen and oxygen atoms in total. The summed E-state index contributed by atoms with van der Waals surface area (Å²) in [5.74, 6) is 0.0793. The smallest absolute Gasteiger partial charge is 0.309 e. The Hall–Kier alpha value is -0.530. The van der Waals surface area contributed by atoms with Gasteiger partial charge in [0.15, 0.2) is 0 Å². The molecule has 0 amide bonds. The van der Waals surface area contributed by atoms with Crippen molar-refractivity contribution in [3.05, 3.63) is 0 Å². The van der Waals surface area contributed by atoms with Gasteiger partial charge in [-0.1, -0.05) is 20.3 Å². The Labute approximate surface area is 92.4 Å². The van der Waals surface area contributed by atoms with E-state index in [4.69, 9.17) is 4.74 Å². The van der Waals surface area contributed by atoms with Gasteiger partial charge in [0, 0.05) is 0 Å². The molecule has 0 radical (unpaired) electrons. The maximum absolute atomic E-state index is 11.8. The van der Waals surface area contributed by atoms with Gasteiger partial charge in [0.05, 0.1) is 12.5 Å². The van der Waals surface area contributed by atoms with Gasteiger partial charge in [-0.25, -0.2) is 0 Å². The molecule has 0 aliphatic heterocycles. The molecule has 2 saturated carbocycles. The Morgan fingerprint density at radius 2 is 2.00 bits per heavy atom. The van der Waals surface area contributed by atoms with Crippen LogP contribution in [0.4, 0.5) is 0 Å². The second-order valence-corrected chi connectivity index (χ2v) is 5.53. The molecule has 0 aromatic carbocycles. The van der Waals surface area contributed by atoms with E-state index in [1.165, 1.54) is 32.1 Å². The lowest BCUT2D eigenvalue weighted by molar-refractivity contribution is -0.153. The minimum Gasteiger partial charge on any atom is -0.466 e. The number of carbonyl (C=O) groups excluding carboxylic acids is 1. The molecule has 1 spiro atoms. The van der Waals surface area contributed by atoms with E-state index in [9.17, 15) is 4.79 Å². The molecule has 0 saturated heterocycles. The van der Waals surface area contributed by atoms with Crippen LogP contribution in [0.1, 0.15) is 52.9 Å².